The maximum atomic E-state index is 12.5. The zero-order valence-corrected chi connectivity index (χ0v) is 14.4. The number of carbonyl (C=O) groups excluding carboxylic acids is 2. The third-order valence-corrected chi connectivity index (χ3v) is 5.33. The van der Waals surface area contributed by atoms with Gasteiger partial charge in [0.25, 0.3) is 5.91 Å². The highest BCUT2D eigenvalue weighted by Gasteiger charge is 2.54. The Morgan fingerprint density at radius 1 is 1.52 bits per heavy atom. The van der Waals surface area contributed by atoms with Gasteiger partial charge in [0, 0.05) is 5.38 Å². The number of aliphatic carboxylic acids is 1. The van der Waals surface area contributed by atoms with Gasteiger partial charge >= 0.3 is 5.97 Å². The second-order valence-electron chi connectivity index (χ2n) is 5.03. The largest absolute Gasteiger partial charge is 0.479 e. The average Bonchev–Trinajstić information content (AvgIpc) is 3.02. The number of carboxylic acid groups (broad SMARTS) is 1. The van der Waals surface area contributed by atoms with Crippen molar-refractivity contribution in [3.05, 3.63) is 22.6 Å². The Bertz CT molecular complexity index is 792. The van der Waals surface area contributed by atoms with Gasteiger partial charge in [-0.2, -0.15) is 0 Å². The smallest absolute Gasteiger partial charge is 0.330 e. The Balaban J connectivity index is 1.75. The molecule has 1 saturated heterocycles. The van der Waals surface area contributed by atoms with Crippen molar-refractivity contribution in [2.24, 2.45) is 5.16 Å². The number of nitrogens with two attached hydrogens (primary N) is 1. The van der Waals surface area contributed by atoms with Crippen molar-refractivity contribution >= 4 is 51.7 Å². The van der Waals surface area contributed by atoms with Crippen LogP contribution in [-0.4, -0.2) is 63.1 Å². The number of amides is 2. The van der Waals surface area contributed by atoms with E-state index in [0.29, 0.717) is 0 Å². The maximum absolute atomic E-state index is 12.5. The molecule has 2 aliphatic rings. The van der Waals surface area contributed by atoms with Gasteiger partial charge in [-0.1, -0.05) is 5.16 Å². The molecule has 3 rings (SSSR count). The molecule has 0 spiro atoms. The van der Waals surface area contributed by atoms with Gasteiger partial charge in [0.1, 0.15) is 30.3 Å². The maximum Gasteiger partial charge on any atom is 0.330 e. The molecule has 0 unspecified atom stereocenters. The lowest BCUT2D eigenvalue weighted by molar-refractivity contribution is -0.159. The molecule has 3 heterocycles. The van der Waals surface area contributed by atoms with Crippen molar-refractivity contribution in [3.8, 4) is 0 Å². The number of carboxylic acids is 1. The van der Waals surface area contributed by atoms with E-state index >= 15 is 0 Å². The number of carbonyl (C=O) groups is 3. The number of rotatable bonds is 5. The summed E-state index contributed by atoms with van der Waals surface area (Å²) in [5, 5.41) is 18.3. The Morgan fingerprint density at radius 3 is 2.88 bits per heavy atom. The molecule has 1 aromatic heterocycles. The van der Waals surface area contributed by atoms with Crippen molar-refractivity contribution in [3.63, 3.8) is 0 Å². The first kappa shape index (κ1) is 17.2. The number of fused-ring (bicyclic) bond motifs is 1. The molecule has 0 bridgehead atoms. The van der Waals surface area contributed by atoms with Crippen LogP contribution in [0.1, 0.15) is 5.69 Å². The van der Waals surface area contributed by atoms with Crippen LogP contribution in [0.4, 0.5) is 5.13 Å². The SMILES string of the molecule is CO/N=C(\C(=O)N[C@@H]1C(=O)N2[C@@H](C(=O)O)C=CS[C@H]12)c1csc(N)n1. The number of anilines is 1. The summed E-state index contributed by atoms with van der Waals surface area (Å²) in [5.74, 6) is -2.26. The quantitative estimate of drug-likeness (QED) is 0.348. The molecule has 12 heteroatoms. The van der Waals surface area contributed by atoms with Gasteiger partial charge in [0.2, 0.25) is 5.91 Å². The van der Waals surface area contributed by atoms with Crippen LogP contribution in [0.3, 0.4) is 0 Å². The first-order valence-electron chi connectivity index (χ1n) is 6.94. The number of nitrogen functional groups attached to an aromatic ring is 1. The Morgan fingerprint density at radius 2 is 2.28 bits per heavy atom. The molecular formula is C13H13N5O5S2. The van der Waals surface area contributed by atoms with Gasteiger partial charge < -0.3 is 25.9 Å². The first-order chi connectivity index (χ1) is 11.9. The van der Waals surface area contributed by atoms with E-state index in [4.69, 9.17) is 10.8 Å². The zero-order chi connectivity index (χ0) is 18.1. The lowest BCUT2D eigenvalue weighted by atomic mass is 10.0. The number of thioether (sulfide) groups is 1. The number of hydrogen-bond donors (Lipinski definition) is 3. The molecule has 132 valence electrons. The summed E-state index contributed by atoms with van der Waals surface area (Å²) in [6.07, 6.45) is 1.43. The Kier molecular flexibility index (Phi) is 4.63. The number of β-lactam (4-membered cyclic amide) rings is 1. The third kappa shape index (κ3) is 3.05. The number of oxime groups is 1. The molecule has 25 heavy (non-hydrogen) atoms. The van der Waals surface area contributed by atoms with E-state index in [-0.39, 0.29) is 16.5 Å². The molecule has 1 fully saturated rings. The van der Waals surface area contributed by atoms with Crippen LogP contribution in [0.15, 0.2) is 22.0 Å². The minimum atomic E-state index is -1.13. The highest BCUT2D eigenvalue weighted by molar-refractivity contribution is 8.02. The molecule has 0 aromatic carbocycles. The normalized spacial score (nSPS) is 25.2. The van der Waals surface area contributed by atoms with Gasteiger partial charge in [-0.05, 0) is 11.5 Å². The molecule has 2 amide bonds. The number of nitrogens with one attached hydrogen (secondary N) is 1. The fourth-order valence-electron chi connectivity index (χ4n) is 2.46. The number of nitrogens with zero attached hydrogens (tertiary/aromatic N) is 3. The molecule has 0 radical (unpaired) electrons. The van der Waals surface area contributed by atoms with Crippen LogP contribution < -0.4 is 11.1 Å². The van der Waals surface area contributed by atoms with Crippen LogP contribution in [-0.2, 0) is 19.2 Å². The van der Waals surface area contributed by atoms with Crippen molar-refractivity contribution in [2.75, 3.05) is 12.8 Å². The van der Waals surface area contributed by atoms with E-state index in [0.717, 1.165) is 11.3 Å². The summed E-state index contributed by atoms with van der Waals surface area (Å²) in [7, 11) is 1.28. The number of aromatic nitrogens is 1. The predicted molar refractivity (Wildman–Crippen MR) is 90.8 cm³/mol. The van der Waals surface area contributed by atoms with Gasteiger partial charge in [-0.15, -0.1) is 23.1 Å². The van der Waals surface area contributed by atoms with Crippen LogP contribution >= 0.6 is 23.1 Å². The van der Waals surface area contributed by atoms with Crippen molar-refractivity contribution in [2.45, 2.75) is 17.5 Å². The summed E-state index contributed by atoms with van der Waals surface area (Å²) in [4.78, 5) is 45.8. The van der Waals surface area contributed by atoms with Crippen molar-refractivity contribution < 1.29 is 24.3 Å². The van der Waals surface area contributed by atoms with E-state index in [1.165, 1.54) is 29.8 Å². The summed E-state index contributed by atoms with van der Waals surface area (Å²) in [6.45, 7) is 0. The van der Waals surface area contributed by atoms with Crippen molar-refractivity contribution in [1.82, 2.24) is 15.2 Å². The van der Waals surface area contributed by atoms with Crippen molar-refractivity contribution in [1.29, 1.82) is 0 Å². The summed E-state index contributed by atoms with van der Waals surface area (Å²) >= 11 is 2.39. The second-order valence-corrected chi connectivity index (χ2v) is 6.95. The van der Waals surface area contributed by atoms with E-state index < -0.39 is 35.2 Å². The molecule has 0 saturated carbocycles. The summed E-state index contributed by atoms with van der Waals surface area (Å²) in [6, 6.07) is -1.89. The van der Waals surface area contributed by atoms with E-state index in [1.807, 2.05) is 0 Å². The van der Waals surface area contributed by atoms with Gasteiger partial charge in [-0.25, -0.2) is 9.78 Å². The third-order valence-electron chi connectivity index (χ3n) is 3.56. The van der Waals surface area contributed by atoms with Crippen LogP contribution in [0.25, 0.3) is 0 Å². The lowest BCUT2D eigenvalue weighted by Gasteiger charge is -2.49. The summed E-state index contributed by atoms with van der Waals surface area (Å²) in [5.41, 5.74) is 5.67. The molecule has 10 nitrogen and oxygen atoms in total. The first-order valence-corrected chi connectivity index (χ1v) is 8.76. The zero-order valence-electron chi connectivity index (χ0n) is 12.8. The molecule has 3 atom stereocenters. The fourth-order valence-corrected chi connectivity index (χ4v) is 4.11. The minimum Gasteiger partial charge on any atom is -0.479 e. The fraction of sp³-hybridized carbons (Fsp3) is 0.308. The molecule has 0 aliphatic carbocycles. The number of hydrogen-bond acceptors (Lipinski definition) is 9. The average molecular weight is 383 g/mol. The second kappa shape index (κ2) is 6.72. The predicted octanol–water partition coefficient (Wildman–Crippen LogP) is -0.557. The van der Waals surface area contributed by atoms with Gasteiger partial charge in [0.05, 0.1) is 0 Å². The lowest BCUT2D eigenvalue weighted by Crippen LogP contribution is -2.73. The highest BCUT2D eigenvalue weighted by atomic mass is 32.2. The highest BCUT2D eigenvalue weighted by Crippen LogP contribution is 2.37. The Hall–Kier alpha value is -2.60. The molecular weight excluding hydrogens is 370 g/mol. The van der Waals surface area contributed by atoms with E-state index in [9.17, 15) is 14.4 Å². The monoisotopic (exact) mass is 383 g/mol. The van der Waals surface area contributed by atoms with E-state index in [2.05, 4.69) is 20.3 Å². The molecule has 4 N–H and O–H groups in total. The number of thiazole rings is 1. The van der Waals surface area contributed by atoms with Crippen LogP contribution in [0, 0.1) is 0 Å². The van der Waals surface area contributed by atoms with E-state index in [1.54, 1.807) is 10.8 Å². The Labute approximate surface area is 149 Å². The topological polar surface area (TPSA) is 147 Å². The minimum absolute atomic E-state index is 0.118. The standard InChI is InChI=1S/C13H13N5O5S2/c1-23-17-7(5-4-25-13(14)15-5)9(19)16-8-10(20)18-6(12(21)22)2-3-24-11(8)18/h2-4,6,8,11H,1H3,(H2,14,15)(H,16,19)(H,21,22)/b17-7-/t6-,8-,11-/m1/s1. The van der Waals surface area contributed by atoms with Crippen LogP contribution in [0.5, 0.6) is 0 Å². The van der Waals surface area contributed by atoms with Gasteiger partial charge in [-0.3, -0.25) is 9.59 Å². The molecule has 2 aliphatic heterocycles. The molecule has 1 aromatic rings. The van der Waals surface area contributed by atoms with Crippen LogP contribution in [0.2, 0.25) is 0 Å². The summed E-state index contributed by atoms with van der Waals surface area (Å²) < 4.78 is 0. The van der Waals surface area contributed by atoms with Gasteiger partial charge in [0.15, 0.2) is 10.8 Å².